The maximum atomic E-state index is 12.2. The molecule has 0 radical (unpaired) electrons. The van der Waals surface area contributed by atoms with Crippen molar-refractivity contribution in [3.63, 3.8) is 0 Å². The smallest absolute Gasteiger partial charge is 0.266 e. The number of carbonyl (C=O) groups excluding carboxylic acids is 1. The van der Waals surface area contributed by atoms with E-state index < -0.39 is 0 Å². The van der Waals surface area contributed by atoms with Crippen LogP contribution in [0.25, 0.3) is 0 Å². The Morgan fingerprint density at radius 1 is 1.29 bits per heavy atom. The van der Waals surface area contributed by atoms with E-state index in [0.29, 0.717) is 18.4 Å². The molecule has 2 heterocycles. The fraction of sp³-hybridized carbons (Fsp3) is 0.562. The summed E-state index contributed by atoms with van der Waals surface area (Å²) < 4.78 is 0. The Bertz CT molecular complexity index is 634. The van der Waals surface area contributed by atoms with Crippen molar-refractivity contribution in [2.24, 2.45) is 0 Å². The molecule has 5 heteroatoms. The largest absolute Gasteiger partial charge is 0.343 e. The number of carbonyl (C=O) groups is 1. The minimum Gasteiger partial charge on any atom is -0.343 e. The molecule has 0 spiro atoms. The summed E-state index contributed by atoms with van der Waals surface area (Å²) in [6.45, 7) is 5.30. The normalized spacial score (nSPS) is 14.8. The lowest BCUT2D eigenvalue weighted by molar-refractivity contribution is -0.132. The summed E-state index contributed by atoms with van der Waals surface area (Å²) in [5, 5.41) is 9.05. The number of nitrogens with one attached hydrogen (secondary N) is 1. The first kappa shape index (κ1) is 15.3. The standard InChI is InChI=1S/C16H21N3O2/c1-11-13(12(2)18-16(21)14(11)10-17)6-7-15(20)19-8-4-3-5-9-19/h3-9H2,1-2H3,(H,18,21). The monoisotopic (exact) mass is 287 g/mol. The Morgan fingerprint density at radius 2 is 1.95 bits per heavy atom. The number of H-pyrrole nitrogens is 1. The quantitative estimate of drug-likeness (QED) is 0.921. The molecule has 0 saturated carbocycles. The zero-order valence-corrected chi connectivity index (χ0v) is 12.7. The molecule has 21 heavy (non-hydrogen) atoms. The van der Waals surface area contributed by atoms with Gasteiger partial charge in [0.1, 0.15) is 11.6 Å². The third-order valence-electron chi connectivity index (χ3n) is 4.22. The maximum absolute atomic E-state index is 12.2. The maximum Gasteiger partial charge on any atom is 0.266 e. The topological polar surface area (TPSA) is 77.0 Å². The number of aromatic amines is 1. The van der Waals surface area contributed by atoms with Crippen LogP contribution in [0.15, 0.2) is 4.79 Å². The third kappa shape index (κ3) is 3.33. The summed E-state index contributed by atoms with van der Waals surface area (Å²) in [5.74, 6) is 0.165. The molecular weight excluding hydrogens is 266 g/mol. The van der Waals surface area contributed by atoms with Crippen molar-refractivity contribution in [3.8, 4) is 6.07 Å². The summed E-state index contributed by atoms with van der Waals surface area (Å²) in [6.07, 6.45) is 4.37. The molecule has 1 aliphatic heterocycles. The van der Waals surface area contributed by atoms with E-state index in [0.717, 1.165) is 37.2 Å². The van der Waals surface area contributed by atoms with Crippen LogP contribution < -0.4 is 5.56 Å². The predicted molar refractivity (Wildman–Crippen MR) is 80.0 cm³/mol. The van der Waals surface area contributed by atoms with E-state index >= 15 is 0 Å². The molecular formula is C16H21N3O2. The van der Waals surface area contributed by atoms with Gasteiger partial charge in [0.25, 0.3) is 5.56 Å². The molecule has 1 aromatic rings. The van der Waals surface area contributed by atoms with Gasteiger partial charge in [0.2, 0.25) is 5.91 Å². The van der Waals surface area contributed by atoms with Crippen LogP contribution in [0.2, 0.25) is 0 Å². The van der Waals surface area contributed by atoms with E-state index in [1.54, 1.807) is 6.92 Å². The molecule has 0 aromatic carbocycles. The second kappa shape index (κ2) is 6.57. The van der Waals surface area contributed by atoms with E-state index in [1.807, 2.05) is 17.9 Å². The molecule has 0 unspecified atom stereocenters. The van der Waals surface area contributed by atoms with Gasteiger partial charge in [-0.15, -0.1) is 0 Å². The average molecular weight is 287 g/mol. The molecule has 1 aromatic heterocycles. The van der Waals surface area contributed by atoms with Crippen molar-refractivity contribution in [2.45, 2.75) is 46.0 Å². The molecule has 0 bridgehead atoms. The van der Waals surface area contributed by atoms with Crippen molar-refractivity contribution in [3.05, 3.63) is 32.7 Å². The number of nitrogens with zero attached hydrogens (tertiary/aromatic N) is 2. The summed E-state index contributed by atoms with van der Waals surface area (Å²) in [7, 11) is 0. The first-order valence-electron chi connectivity index (χ1n) is 7.45. The highest BCUT2D eigenvalue weighted by atomic mass is 16.2. The van der Waals surface area contributed by atoms with Gasteiger partial charge in [-0.2, -0.15) is 5.26 Å². The molecule has 5 nitrogen and oxygen atoms in total. The highest BCUT2D eigenvalue weighted by molar-refractivity contribution is 5.76. The SMILES string of the molecule is Cc1[nH]c(=O)c(C#N)c(C)c1CCC(=O)N1CCCCC1. The Balaban J connectivity index is 2.11. The number of amides is 1. The van der Waals surface area contributed by atoms with Crippen molar-refractivity contribution >= 4 is 5.91 Å². The van der Waals surface area contributed by atoms with Gasteiger partial charge in [-0.25, -0.2) is 0 Å². The van der Waals surface area contributed by atoms with Crippen LogP contribution in [0, 0.1) is 25.2 Å². The minimum atomic E-state index is -0.349. The number of likely N-dealkylation sites (tertiary alicyclic amines) is 1. The highest BCUT2D eigenvalue weighted by Gasteiger charge is 2.18. The van der Waals surface area contributed by atoms with Crippen LogP contribution in [0.5, 0.6) is 0 Å². The second-order valence-corrected chi connectivity index (χ2v) is 5.61. The van der Waals surface area contributed by atoms with E-state index in [2.05, 4.69) is 4.98 Å². The van der Waals surface area contributed by atoms with Crippen molar-refractivity contribution in [2.75, 3.05) is 13.1 Å². The van der Waals surface area contributed by atoms with Crippen LogP contribution in [-0.4, -0.2) is 28.9 Å². The van der Waals surface area contributed by atoms with E-state index in [4.69, 9.17) is 5.26 Å². The zero-order chi connectivity index (χ0) is 15.4. The molecule has 0 aliphatic carbocycles. The van der Waals surface area contributed by atoms with Crippen LogP contribution >= 0.6 is 0 Å². The third-order valence-corrected chi connectivity index (χ3v) is 4.22. The number of pyridine rings is 1. The average Bonchev–Trinajstić information content (AvgIpc) is 2.47. The first-order chi connectivity index (χ1) is 10.0. The van der Waals surface area contributed by atoms with Crippen LogP contribution in [0.3, 0.4) is 0 Å². The van der Waals surface area contributed by atoms with Gasteiger partial charge >= 0.3 is 0 Å². The lowest BCUT2D eigenvalue weighted by atomic mass is 9.98. The van der Waals surface area contributed by atoms with Gasteiger partial charge in [0.05, 0.1) is 0 Å². The molecule has 1 saturated heterocycles. The van der Waals surface area contributed by atoms with Gasteiger partial charge < -0.3 is 9.88 Å². The molecule has 1 amide bonds. The van der Waals surface area contributed by atoms with Crippen LogP contribution in [-0.2, 0) is 11.2 Å². The van der Waals surface area contributed by atoms with E-state index in [9.17, 15) is 9.59 Å². The molecule has 2 rings (SSSR count). The van der Waals surface area contributed by atoms with E-state index in [1.165, 1.54) is 6.42 Å². The summed E-state index contributed by atoms with van der Waals surface area (Å²) in [6, 6.07) is 1.94. The van der Waals surface area contributed by atoms with Gasteiger partial charge in [0, 0.05) is 25.2 Å². The van der Waals surface area contributed by atoms with Crippen LogP contribution in [0.4, 0.5) is 0 Å². The Hall–Kier alpha value is -2.09. The van der Waals surface area contributed by atoms with Crippen molar-refractivity contribution in [1.29, 1.82) is 5.26 Å². The summed E-state index contributed by atoms with van der Waals surface area (Å²) in [4.78, 5) is 28.5. The van der Waals surface area contributed by atoms with Gasteiger partial charge in [0.15, 0.2) is 0 Å². The number of piperidine rings is 1. The van der Waals surface area contributed by atoms with Crippen molar-refractivity contribution < 1.29 is 4.79 Å². The Morgan fingerprint density at radius 3 is 2.57 bits per heavy atom. The number of aryl methyl sites for hydroxylation is 1. The van der Waals surface area contributed by atoms with Gasteiger partial charge in [-0.05, 0) is 50.7 Å². The number of nitriles is 1. The number of hydrogen-bond donors (Lipinski definition) is 1. The molecule has 1 N–H and O–H groups in total. The Kier molecular flexibility index (Phi) is 4.79. The number of rotatable bonds is 3. The lowest BCUT2D eigenvalue weighted by Gasteiger charge is -2.27. The summed E-state index contributed by atoms with van der Waals surface area (Å²) in [5.41, 5.74) is 2.17. The van der Waals surface area contributed by atoms with Gasteiger partial charge in [-0.1, -0.05) is 0 Å². The molecule has 0 atom stereocenters. The molecule has 1 aliphatic rings. The number of hydrogen-bond acceptors (Lipinski definition) is 3. The Labute approximate surface area is 124 Å². The molecule has 112 valence electrons. The predicted octanol–water partition coefficient (Wildman–Crippen LogP) is 1.81. The minimum absolute atomic E-state index is 0.154. The van der Waals surface area contributed by atoms with E-state index in [-0.39, 0.29) is 17.0 Å². The zero-order valence-electron chi connectivity index (χ0n) is 12.7. The first-order valence-corrected chi connectivity index (χ1v) is 7.45. The highest BCUT2D eigenvalue weighted by Crippen LogP contribution is 2.17. The lowest BCUT2D eigenvalue weighted by Crippen LogP contribution is -2.35. The van der Waals surface area contributed by atoms with Crippen molar-refractivity contribution in [1.82, 2.24) is 9.88 Å². The number of aromatic nitrogens is 1. The summed E-state index contributed by atoms with van der Waals surface area (Å²) >= 11 is 0. The fourth-order valence-electron chi connectivity index (χ4n) is 2.95. The second-order valence-electron chi connectivity index (χ2n) is 5.61. The van der Waals surface area contributed by atoms with Crippen LogP contribution in [0.1, 0.15) is 48.1 Å². The van der Waals surface area contributed by atoms with Gasteiger partial charge in [-0.3, -0.25) is 9.59 Å². The fourth-order valence-corrected chi connectivity index (χ4v) is 2.95. The molecule has 1 fully saturated rings.